The number of benzene rings is 2. The molecule has 3 aliphatic rings. The zero-order chi connectivity index (χ0) is 22.8. The molecular weight excluding hydrogens is 410 g/mol. The smallest absolute Gasteiger partial charge is 0.253 e. The second-order valence-electron chi connectivity index (χ2n) is 9.97. The van der Waals surface area contributed by atoms with E-state index in [2.05, 4.69) is 34.1 Å². The SMILES string of the molecule is Cc1cccc(C(=O)N2CCN(C(C(=O)N3CCc4ccccc4C3)C3CCCC3)CC2)c1. The Hall–Kier alpha value is -2.66. The topological polar surface area (TPSA) is 43.9 Å². The van der Waals surface area contributed by atoms with Crippen LogP contribution < -0.4 is 0 Å². The zero-order valence-electron chi connectivity index (χ0n) is 19.7. The first-order chi connectivity index (χ1) is 16.1. The van der Waals surface area contributed by atoms with Gasteiger partial charge in [0.1, 0.15) is 0 Å². The lowest BCUT2D eigenvalue weighted by Gasteiger charge is -2.43. The fourth-order valence-corrected chi connectivity index (χ4v) is 5.96. The van der Waals surface area contributed by atoms with Crippen molar-refractivity contribution < 1.29 is 9.59 Å². The highest BCUT2D eigenvalue weighted by Crippen LogP contribution is 2.33. The maximum Gasteiger partial charge on any atom is 0.253 e. The van der Waals surface area contributed by atoms with E-state index in [4.69, 9.17) is 0 Å². The van der Waals surface area contributed by atoms with Crippen LogP contribution in [0.5, 0.6) is 0 Å². The molecule has 1 aliphatic carbocycles. The second kappa shape index (κ2) is 9.68. The summed E-state index contributed by atoms with van der Waals surface area (Å²) in [5, 5.41) is 0. The van der Waals surface area contributed by atoms with Gasteiger partial charge in [0.15, 0.2) is 0 Å². The molecule has 2 aromatic carbocycles. The van der Waals surface area contributed by atoms with Gasteiger partial charge in [-0.2, -0.15) is 0 Å². The number of amides is 2. The lowest BCUT2D eigenvalue weighted by Crippen LogP contribution is -2.58. The maximum atomic E-state index is 13.9. The first-order valence-corrected chi connectivity index (χ1v) is 12.6. The zero-order valence-corrected chi connectivity index (χ0v) is 19.7. The summed E-state index contributed by atoms with van der Waals surface area (Å²) in [6, 6.07) is 16.3. The third kappa shape index (κ3) is 4.70. The van der Waals surface area contributed by atoms with Crippen LogP contribution in [0.2, 0.25) is 0 Å². The Bertz CT molecular complexity index is 1010. The van der Waals surface area contributed by atoms with Crippen molar-refractivity contribution in [2.24, 2.45) is 5.92 Å². The first-order valence-electron chi connectivity index (χ1n) is 12.6. The molecule has 2 aliphatic heterocycles. The van der Waals surface area contributed by atoms with Crippen LogP contribution in [0.15, 0.2) is 48.5 Å². The van der Waals surface area contributed by atoms with Gasteiger partial charge in [-0.1, -0.05) is 54.8 Å². The molecular formula is C28H35N3O2. The van der Waals surface area contributed by atoms with Crippen LogP contribution in [0.3, 0.4) is 0 Å². The molecule has 2 aromatic rings. The van der Waals surface area contributed by atoms with E-state index in [-0.39, 0.29) is 11.9 Å². The monoisotopic (exact) mass is 445 g/mol. The molecule has 0 spiro atoms. The lowest BCUT2D eigenvalue weighted by atomic mass is 9.92. The molecule has 1 saturated heterocycles. The molecule has 33 heavy (non-hydrogen) atoms. The van der Waals surface area contributed by atoms with Crippen molar-refractivity contribution in [2.75, 3.05) is 32.7 Å². The number of hydrogen-bond acceptors (Lipinski definition) is 3. The van der Waals surface area contributed by atoms with Gasteiger partial charge in [0, 0.05) is 44.8 Å². The highest BCUT2D eigenvalue weighted by Gasteiger charge is 2.40. The minimum atomic E-state index is -0.0472. The summed E-state index contributed by atoms with van der Waals surface area (Å²) in [7, 11) is 0. The molecule has 5 heteroatoms. The molecule has 2 amide bonds. The van der Waals surface area contributed by atoms with Crippen LogP contribution in [0.25, 0.3) is 0 Å². The van der Waals surface area contributed by atoms with E-state index in [1.54, 1.807) is 0 Å². The summed E-state index contributed by atoms with van der Waals surface area (Å²) in [5.74, 6) is 0.846. The van der Waals surface area contributed by atoms with E-state index in [0.29, 0.717) is 24.9 Å². The van der Waals surface area contributed by atoms with Crippen molar-refractivity contribution in [3.05, 3.63) is 70.8 Å². The fraction of sp³-hybridized carbons (Fsp3) is 0.500. The summed E-state index contributed by atoms with van der Waals surface area (Å²) in [5.41, 5.74) is 4.53. The second-order valence-corrected chi connectivity index (χ2v) is 9.97. The Morgan fingerprint density at radius 1 is 0.848 bits per heavy atom. The molecule has 5 rings (SSSR count). The van der Waals surface area contributed by atoms with E-state index in [1.165, 1.54) is 24.0 Å². The van der Waals surface area contributed by atoms with Crippen LogP contribution >= 0.6 is 0 Å². The first kappa shape index (κ1) is 22.1. The highest BCUT2D eigenvalue weighted by atomic mass is 16.2. The third-order valence-electron chi connectivity index (χ3n) is 7.80. The molecule has 5 nitrogen and oxygen atoms in total. The van der Waals surface area contributed by atoms with Gasteiger partial charge in [-0.25, -0.2) is 0 Å². The molecule has 2 fully saturated rings. The average Bonchev–Trinajstić information content (AvgIpc) is 3.38. The number of carbonyl (C=O) groups is 2. The van der Waals surface area contributed by atoms with Gasteiger partial charge in [-0.3, -0.25) is 14.5 Å². The standard InChI is InChI=1S/C28H35N3O2/c1-21-7-6-12-24(19-21)27(32)30-17-15-29(16-18-30)26(23-9-3-4-10-23)28(33)31-14-13-22-8-2-5-11-25(22)20-31/h2,5-8,11-12,19,23,26H,3-4,9-10,13-18,20H2,1H3. The van der Waals surface area contributed by atoms with E-state index in [1.807, 2.05) is 36.1 Å². The van der Waals surface area contributed by atoms with E-state index in [9.17, 15) is 9.59 Å². The van der Waals surface area contributed by atoms with Gasteiger partial charge >= 0.3 is 0 Å². The highest BCUT2D eigenvalue weighted by molar-refractivity contribution is 5.94. The quantitative estimate of drug-likeness (QED) is 0.717. The number of carbonyl (C=O) groups excluding carboxylic acids is 2. The Kier molecular flexibility index (Phi) is 6.50. The summed E-state index contributed by atoms with van der Waals surface area (Å²) >= 11 is 0. The Morgan fingerprint density at radius 3 is 2.30 bits per heavy atom. The number of fused-ring (bicyclic) bond motifs is 1. The number of piperazine rings is 1. The molecule has 0 aromatic heterocycles. The van der Waals surface area contributed by atoms with Gasteiger partial charge in [-0.15, -0.1) is 0 Å². The predicted octanol–water partition coefficient (Wildman–Crippen LogP) is 3.90. The Balaban J connectivity index is 1.28. The molecule has 1 atom stereocenters. The van der Waals surface area contributed by atoms with E-state index < -0.39 is 0 Å². The average molecular weight is 446 g/mol. The van der Waals surface area contributed by atoms with Gasteiger partial charge in [-0.05, 0) is 55.4 Å². The number of rotatable bonds is 4. The summed E-state index contributed by atoms with van der Waals surface area (Å²) in [4.78, 5) is 33.3. The normalized spacial score (nSPS) is 20.5. The van der Waals surface area contributed by atoms with E-state index >= 15 is 0 Å². The number of hydrogen-bond donors (Lipinski definition) is 0. The van der Waals surface area contributed by atoms with Crippen molar-refractivity contribution in [3.8, 4) is 0 Å². The van der Waals surface area contributed by atoms with Crippen LogP contribution in [0.4, 0.5) is 0 Å². The molecule has 1 saturated carbocycles. The largest absolute Gasteiger partial charge is 0.337 e. The minimum absolute atomic E-state index is 0.0472. The molecule has 0 radical (unpaired) electrons. The van der Waals surface area contributed by atoms with E-state index in [0.717, 1.165) is 56.6 Å². The summed E-state index contributed by atoms with van der Waals surface area (Å²) < 4.78 is 0. The number of nitrogens with zero attached hydrogens (tertiary/aromatic N) is 3. The molecule has 0 bridgehead atoms. The maximum absolute atomic E-state index is 13.9. The predicted molar refractivity (Wildman–Crippen MR) is 130 cm³/mol. The van der Waals surface area contributed by atoms with Crippen molar-refractivity contribution in [2.45, 2.75) is 51.6 Å². The van der Waals surface area contributed by atoms with Crippen LogP contribution in [0, 0.1) is 12.8 Å². The van der Waals surface area contributed by atoms with Gasteiger partial charge in [0.05, 0.1) is 6.04 Å². The summed E-state index contributed by atoms with van der Waals surface area (Å²) in [6.45, 7) is 6.47. The number of aryl methyl sites for hydroxylation is 1. The molecule has 1 unspecified atom stereocenters. The summed E-state index contributed by atoms with van der Waals surface area (Å²) in [6.07, 6.45) is 5.68. The molecule has 174 valence electrons. The Morgan fingerprint density at radius 2 is 1.58 bits per heavy atom. The van der Waals surface area contributed by atoms with Crippen molar-refractivity contribution >= 4 is 11.8 Å². The van der Waals surface area contributed by atoms with Gasteiger partial charge < -0.3 is 9.80 Å². The molecule has 2 heterocycles. The minimum Gasteiger partial charge on any atom is -0.337 e. The molecule has 0 N–H and O–H groups in total. The van der Waals surface area contributed by atoms with Crippen molar-refractivity contribution in [1.29, 1.82) is 0 Å². The third-order valence-corrected chi connectivity index (χ3v) is 7.80. The fourth-order valence-electron chi connectivity index (χ4n) is 5.96. The Labute approximate surface area is 197 Å². The van der Waals surface area contributed by atoms with Crippen molar-refractivity contribution in [1.82, 2.24) is 14.7 Å². The van der Waals surface area contributed by atoms with Crippen molar-refractivity contribution in [3.63, 3.8) is 0 Å². The van der Waals surface area contributed by atoms with Crippen LogP contribution in [-0.2, 0) is 17.8 Å². The van der Waals surface area contributed by atoms with Crippen LogP contribution in [0.1, 0.15) is 52.7 Å². The van der Waals surface area contributed by atoms with Gasteiger partial charge in [0.2, 0.25) is 5.91 Å². The lowest BCUT2D eigenvalue weighted by molar-refractivity contribution is -0.141. The van der Waals surface area contributed by atoms with Gasteiger partial charge in [0.25, 0.3) is 5.91 Å². The van der Waals surface area contributed by atoms with Crippen LogP contribution in [-0.4, -0.2) is 65.3 Å².